The highest BCUT2D eigenvalue weighted by Crippen LogP contribution is 2.29. The molecular formula is C19H19N4O+. The van der Waals surface area contributed by atoms with Crippen LogP contribution in [0.3, 0.4) is 0 Å². The van der Waals surface area contributed by atoms with Gasteiger partial charge in [-0.15, -0.1) is 0 Å². The van der Waals surface area contributed by atoms with Crippen LogP contribution in [-0.4, -0.2) is 9.55 Å². The lowest BCUT2D eigenvalue weighted by atomic mass is 10.2. The molecule has 0 aliphatic carbocycles. The van der Waals surface area contributed by atoms with E-state index in [1.807, 2.05) is 34.9 Å². The summed E-state index contributed by atoms with van der Waals surface area (Å²) in [6.07, 6.45) is 3.44. The third kappa shape index (κ3) is 2.17. The second-order valence-electron chi connectivity index (χ2n) is 5.92. The Bertz CT molecular complexity index is 1000. The molecule has 0 aliphatic rings. The van der Waals surface area contributed by atoms with Gasteiger partial charge in [-0.05, 0) is 43.7 Å². The molecule has 0 saturated carbocycles. The maximum Gasteiger partial charge on any atom is 0.232 e. The highest BCUT2D eigenvalue weighted by Gasteiger charge is 2.22. The standard InChI is InChI=1S/C19H18N4O/c1-13-14(2)23(15-7-4-3-5-8-15)19-17(13)18(20)22(12-21-19)11-16-9-6-10-24-16/h3-10,12,20H,11H2,1-2H3/p+1. The summed E-state index contributed by atoms with van der Waals surface area (Å²) in [5.41, 5.74) is 10.7. The van der Waals surface area contributed by atoms with E-state index in [-0.39, 0.29) is 0 Å². The maximum absolute atomic E-state index is 6.46. The summed E-state index contributed by atoms with van der Waals surface area (Å²) < 4.78 is 9.49. The van der Waals surface area contributed by atoms with Gasteiger partial charge in [-0.2, -0.15) is 0 Å². The van der Waals surface area contributed by atoms with Crippen molar-refractivity contribution in [2.24, 2.45) is 0 Å². The van der Waals surface area contributed by atoms with Gasteiger partial charge in [0.25, 0.3) is 0 Å². The molecule has 3 aromatic heterocycles. The first-order valence-corrected chi connectivity index (χ1v) is 7.90. The SMILES string of the molecule is Cc1c(C)n(-c2ccccc2)c2nc[n+](Cc3ccco3)c(N)c12. The summed E-state index contributed by atoms with van der Waals surface area (Å²) in [7, 11) is 0. The number of anilines is 1. The van der Waals surface area contributed by atoms with E-state index >= 15 is 0 Å². The summed E-state index contributed by atoms with van der Waals surface area (Å²) in [6.45, 7) is 4.75. The molecule has 24 heavy (non-hydrogen) atoms. The molecule has 3 heterocycles. The molecular weight excluding hydrogens is 300 g/mol. The lowest BCUT2D eigenvalue weighted by Crippen LogP contribution is -2.38. The number of benzene rings is 1. The number of nitrogens with two attached hydrogens (primary N) is 1. The van der Waals surface area contributed by atoms with Crippen molar-refractivity contribution in [2.75, 3.05) is 5.73 Å². The molecule has 0 fully saturated rings. The van der Waals surface area contributed by atoms with Crippen molar-refractivity contribution >= 4 is 16.9 Å². The average molecular weight is 319 g/mol. The highest BCUT2D eigenvalue weighted by molar-refractivity contribution is 5.90. The molecule has 0 saturated heterocycles. The van der Waals surface area contributed by atoms with Crippen LogP contribution in [0.5, 0.6) is 0 Å². The van der Waals surface area contributed by atoms with E-state index in [2.05, 4.69) is 35.5 Å². The average Bonchev–Trinajstić information content (AvgIpc) is 3.19. The Kier molecular flexibility index (Phi) is 3.34. The second-order valence-corrected chi connectivity index (χ2v) is 5.92. The zero-order valence-corrected chi connectivity index (χ0v) is 13.7. The molecule has 0 amide bonds. The quantitative estimate of drug-likeness (QED) is 0.590. The molecule has 0 unspecified atom stereocenters. The number of rotatable bonds is 3. The first-order chi connectivity index (χ1) is 11.7. The van der Waals surface area contributed by atoms with Crippen LogP contribution in [0.25, 0.3) is 16.7 Å². The molecule has 0 bridgehead atoms. The number of aromatic nitrogens is 3. The third-order valence-electron chi connectivity index (χ3n) is 4.49. The smallest absolute Gasteiger partial charge is 0.232 e. The van der Waals surface area contributed by atoms with Crippen molar-refractivity contribution in [3.05, 3.63) is 72.1 Å². The summed E-state index contributed by atoms with van der Waals surface area (Å²) in [6, 6.07) is 14.0. The fourth-order valence-electron chi connectivity index (χ4n) is 3.14. The van der Waals surface area contributed by atoms with Crippen LogP contribution in [0.2, 0.25) is 0 Å². The van der Waals surface area contributed by atoms with Gasteiger partial charge in [-0.3, -0.25) is 4.57 Å². The zero-order valence-electron chi connectivity index (χ0n) is 13.7. The zero-order chi connectivity index (χ0) is 16.7. The van der Waals surface area contributed by atoms with E-state index in [4.69, 9.17) is 10.2 Å². The van der Waals surface area contributed by atoms with Gasteiger partial charge in [0, 0.05) is 11.4 Å². The van der Waals surface area contributed by atoms with Crippen LogP contribution in [-0.2, 0) is 6.54 Å². The number of nitrogen functional groups attached to an aromatic ring is 1. The molecule has 0 spiro atoms. The lowest BCUT2D eigenvalue weighted by molar-refractivity contribution is -0.677. The summed E-state index contributed by atoms with van der Waals surface area (Å²) in [5.74, 6) is 1.55. The summed E-state index contributed by atoms with van der Waals surface area (Å²) in [4.78, 5) is 4.68. The van der Waals surface area contributed by atoms with Gasteiger partial charge in [0.1, 0.15) is 17.7 Å². The predicted molar refractivity (Wildman–Crippen MR) is 93.0 cm³/mol. The minimum atomic E-state index is 0.566. The van der Waals surface area contributed by atoms with Crippen LogP contribution in [0.15, 0.2) is 59.5 Å². The molecule has 0 radical (unpaired) electrons. The largest absolute Gasteiger partial charge is 0.466 e. The highest BCUT2D eigenvalue weighted by atomic mass is 16.3. The number of aryl methyl sites for hydroxylation is 1. The van der Waals surface area contributed by atoms with Crippen molar-refractivity contribution in [2.45, 2.75) is 20.4 Å². The normalized spacial score (nSPS) is 11.2. The van der Waals surface area contributed by atoms with Gasteiger partial charge in [0.2, 0.25) is 17.8 Å². The van der Waals surface area contributed by atoms with Gasteiger partial charge in [-0.1, -0.05) is 23.2 Å². The fraction of sp³-hybridized carbons (Fsp3) is 0.158. The van der Waals surface area contributed by atoms with E-state index in [0.717, 1.165) is 33.7 Å². The molecule has 4 rings (SSSR count). The van der Waals surface area contributed by atoms with Crippen molar-refractivity contribution in [3.63, 3.8) is 0 Å². The Morgan fingerprint density at radius 3 is 2.62 bits per heavy atom. The van der Waals surface area contributed by atoms with Gasteiger partial charge in [0.15, 0.2) is 0 Å². The molecule has 5 nitrogen and oxygen atoms in total. The molecule has 0 atom stereocenters. The topological polar surface area (TPSA) is 60.9 Å². The monoisotopic (exact) mass is 319 g/mol. The van der Waals surface area contributed by atoms with Gasteiger partial charge in [-0.25, -0.2) is 4.57 Å². The Balaban J connectivity index is 1.92. The second kappa shape index (κ2) is 5.53. The van der Waals surface area contributed by atoms with Crippen molar-refractivity contribution in [1.82, 2.24) is 9.55 Å². The first-order valence-electron chi connectivity index (χ1n) is 7.90. The Morgan fingerprint density at radius 1 is 1.12 bits per heavy atom. The molecule has 120 valence electrons. The minimum Gasteiger partial charge on any atom is -0.466 e. The molecule has 5 heteroatoms. The van der Waals surface area contributed by atoms with Gasteiger partial charge >= 0.3 is 0 Å². The number of furan rings is 1. The van der Waals surface area contributed by atoms with Crippen LogP contribution >= 0.6 is 0 Å². The van der Waals surface area contributed by atoms with Crippen LogP contribution in [0, 0.1) is 13.8 Å². The van der Waals surface area contributed by atoms with Crippen molar-refractivity contribution in [1.29, 1.82) is 0 Å². The van der Waals surface area contributed by atoms with E-state index in [0.29, 0.717) is 12.4 Å². The van der Waals surface area contributed by atoms with E-state index in [1.165, 1.54) is 0 Å². The van der Waals surface area contributed by atoms with E-state index < -0.39 is 0 Å². The van der Waals surface area contributed by atoms with Crippen molar-refractivity contribution < 1.29 is 8.98 Å². The van der Waals surface area contributed by atoms with Crippen molar-refractivity contribution in [3.8, 4) is 5.69 Å². The van der Waals surface area contributed by atoms with Gasteiger partial charge < -0.3 is 10.2 Å². The van der Waals surface area contributed by atoms with E-state index in [1.54, 1.807) is 12.6 Å². The Morgan fingerprint density at radius 2 is 1.92 bits per heavy atom. The summed E-state index contributed by atoms with van der Waals surface area (Å²) in [5, 5.41) is 0.991. The van der Waals surface area contributed by atoms with Crippen LogP contribution in [0.1, 0.15) is 17.0 Å². The fourth-order valence-corrected chi connectivity index (χ4v) is 3.14. The van der Waals surface area contributed by atoms with Crippen LogP contribution < -0.4 is 10.3 Å². The molecule has 4 aromatic rings. The molecule has 0 aliphatic heterocycles. The summed E-state index contributed by atoms with van der Waals surface area (Å²) >= 11 is 0. The maximum atomic E-state index is 6.46. The third-order valence-corrected chi connectivity index (χ3v) is 4.49. The number of nitrogens with zero attached hydrogens (tertiary/aromatic N) is 3. The van der Waals surface area contributed by atoms with E-state index in [9.17, 15) is 0 Å². The minimum absolute atomic E-state index is 0.566. The predicted octanol–water partition coefficient (Wildman–Crippen LogP) is 3.15. The van der Waals surface area contributed by atoms with Gasteiger partial charge in [0.05, 0.1) is 6.26 Å². The number of fused-ring (bicyclic) bond motifs is 1. The number of hydrogen-bond acceptors (Lipinski definition) is 3. The lowest BCUT2D eigenvalue weighted by Gasteiger charge is -2.06. The molecule has 1 aromatic carbocycles. The Hall–Kier alpha value is -3.08. The number of para-hydroxylation sites is 1. The van der Waals surface area contributed by atoms with Crippen LogP contribution in [0.4, 0.5) is 5.82 Å². The Labute approximate surface area is 140 Å². The first kappa shape index (κ1) is 14.5. The number of hydrogen-bond donors (Lipinski definition) is 1. The molecule has 2 N–H and O–H groups in total.